The second kappa shape index (κ2) is 5.85. The van der Waals surface area contributed by atoms with Crippen LogP contribution >= 0.6 is 0 Å². The molecule has 0 saturated carbocycles. The van der Waals surface area contributed by atoms with Crippen LogP contribution in [0.15, 0.2) is 42.5 Å². The molecule has 0 spiro atoms. The van der Waals surface area contributed by atoms with Gasteiger partial charge in [-0.2, -0.15) is 5.26 Å². The van der Waals surface area contributed by atoms with Crippen LogP contribution in [0.3, 0.4) is 0 Å². The number of nitrogens with zero attached hydrogens (tertiary/aromatic N) is 2. The highest BCUT2D eigenvalue weighted by Gasteiger charge is 2.12. The minimum absolute atomic E-state index is 0.0595. The molecular formula is C15H13N3O2. The van der Waals surface area contributed by atoms with E-state index in [4.69, 9.17) is 5.26 Å². The number of anilines is 1. The lowest BCUT2D eigenvalue weighted by Gasteiger charge is -2.08. The van der Waals surface area contributed by atoms with Crippen LogP contribution in [-0.4, -0.2) is 4.92 Å². The Balaban J connectivity index is 2.15. The fourth-order valence-corrected chi connectivity index (χ4v) is 1.85. The van der Waals surface area contributed by atoms with E-state index in [0.29, 0.717) is 17.8 Å². The second-order valence-electron chi connectivity index (χ2n) is 4.44. The monoisotopic (exact) mass is 267 g/mol. The van der Waals surface area contributed by atoms with Crippen LogP contribution in [0, 0.1) is 28.4 Å². The molecule has 2 aromatic carbocycles. The maximum atomic E-state index is 11.0. The number of nitrogens with one attached hydrogen (secondary N) is 1. The van der Waals surface area contributed by atoms with E-state index >= 15 is 0 Å². The van der Waals surface area contributed by atoms with Crippen LogP contribution in [0.5, 0.6) is 0 Å². The molecule has 0 saturated heterocycles. The van der Waals surface area contributed by atoms with Crippen molar-refractivity contribution in [3.63, 3.8) is 0 Å². The number of nitro groups is 1. The molecule has 5 nitrogen and oxygen atoms in total. The van der Waals surface area contributed by atoms with Crippen LogP contribution in [0.1, 0.15) is 16.7 Å². The molecule has 0 heterocycles. The Morgan fingerprint density at radius 2 is 1.95 bits per heavy atom. The highest BCUT2D eigenvalue weighted by Crippen LogP contribution is 2.25. The van der Waals surface area contributed by atoms with Crippen LogP contribution in [0.4, 0.5) is 11.4 Å². The minimum Gasteiger partial charge on any atom is -0.375 e. The predicted molar refractivity (Wildman–Crippen MR) is 76.3 cm³/mol. The van der Waals surface area contributed by atoms with Gasteiger partial charge in [-0.3, -0.25) is 10.1 Å². The van der Waals surface area contributed by atoms with Gasteiger partial charge in [0.1, 0.15) is 5.69 Å². The van der Waals surface area contributed by atoms with Crippen molar-refractivity contribution in [1.29, 1.82) is 5.26 Å². The standard InChI is InChI=1S/C15H13N3O2/c1-11-2-7-15(18(19)20)14(8-11)17-10-13-5-3-12(9-16)4-6-13/h2-8,17H,10H2,1H3. The molecule has 0 aliphatic heterocycles. The number of nitro benzene ring substituents is 1. The average molecular weight is 267 g/mol. The lowest BCUT2D eigenvalue weighted by Crippen LogP contribution is -2.03. The molecule has 2 rings (SSSR count). The third-order valence-electron chi connectivity index (χ3n) is 2.91. The van der Waals surface area contributed by atoms with Gasteiger partial charge in [0.2, 0.25) is 0 Å². The summed E-state index contributed by atoms with van der Waals surface area (Å²) in [6.45, 7) is 2.35. The Bertz CT molecular complexity index is 673. The van der Waals surface area contributed by atoms with E-state index in [9.17, 15) is 10.1 Å². The van der Waals surface area contributed by atoms with Gasteiger partial charge in [0.05, 0.1) is 16.6 Å². The fraction of sp³-hybridized carbons (Fsp3) is 0.133. The highest BCUT2D eigenvalue weighted by atomic mass is 16.6. The predicted octanol–water partition coefficient (Wildman–Crippen LogP) is 3.39. The van der Waals surface area contributed by atoms with Crippen LogP contribution < -0.4 is 5.32 Å². The molecule has 0 bridgehead atoms. The van der Waals surface area contributed by atoms with Crippen LogP contribution in [0.2, 0.25) is 0 Å². The summed E-state index contributed by atoms with van der Waals surface area (Å²) in [6, 6.07) is 14.1. The highest BCUT2D eigenvalue weighted by molar-refractivity contribution is 5.62. The number of hydrogen-bond acceptors (Lipinski definition) is 4. The lowest BCUT2D eigenvalue weighted by atomic mass is 10.1. The Morgan fingerprint density at radius 3 is 2.55 bits per heavy atom. The van der Waals surface area contributed by atoms with Gasteiger partial charge < -0.3 is 5.32 Å². The first kappa shape index (κ1) is 13.6. The summed E-state index contributed by atoms with van der Waals surface area (Å²) in [5.41, 5.74) is 3.07. The average Bonchev–Trinajstić information content (AvgIpc) is 2.45. The number of hydrogen-bond donors (Lipinski definition) is 1. The Labute approximate surface area is 116 Å². The smallest absolute Gasteiger partial charge is 0.292 e. The van der Waals surface area contributed by atoms with Crippen molar-refractivity contribution in [1.82, 2.24) is 0 Å². The summed E-state index contributed by atoms with van der Waals surface area (Å²) in [5, 5.41) is 22.7. The normalized spacial score (nSPS) is 9.80. The molecule has 0 unspecified atom stereocenters. The van der Waals surface area contributed by atoms with Gasteiger partial charge in [-0.25, -0.2) is 0 Å². The number of rotatable bonds is 4. The van der Waals surface area contributed by atoms with Crippen molar-refractivity contribution in [3.05, 3.63) is 69.3 Å². The van der Waals surface area contributed by atoms with E-state index < -0.39 is 4.92 Å². The summed E-state index contributed by atoms with van der Waals surface area (Å²) in [5.74, 6) is 0. The van der Waals surface area contributed by atoms with Crippen molar-refractivity contribution >= 4 is 11.4 Å². The lowest BCUT2D eigenvalue weighted by molar-refractivity contribution is -0.384. The SMILES string of the molecule is Cc1ccc([N+](=O)[O-])c(NCc2ccc(C#N)cc2)c1. The number of nitriles is 1. The molecule has 0 radical (unpaired) electrons. The summed E-state index contributed by atoms with van der Waals surface area (Å²) < 4.78 is 0. The van der Waals surface area contributed by atoms with Gasteiger partial charge in [-0.05, 0) is 36.2 Å². The fourth-order valence-electron chi connectivity index (χ4n) is 1.85. The molecule has 0 amide bonds. The quantitative estimate of drug-likeness (QED) is 0.680. The Kier molecular flexibility index (Phi) is 3.96. The molecule has 2 aromatic rings. The van der Waals surface area contributed by atoms with Crippen LogP contribution in [0.25, 0.3) is 0 Å². The van der Waals surface area contributed by atoms with E-state index in [1.165, 1.54) is 6.07 Å². The molecule has 5 heteroatoms. The first-order chi connectivity index (χ1) is 9.60. The summed E-state index contributed by atoms with van der Waals surface area (Å²) in [6.07, 6.45) is 0. The summed E-state index contributed by atoms with van der Waals surface area (Å²) in [4.78, 5) is 10.6. The zero-order valence-corrected chi connectivity index (χ0v) is 11.0. The van der Waals surface area contributed by atoms with Crippen molar-refractivity contribution < 1.29 is 4.92 Å². The molecule has 0 aromatic heterocycles. The van der Waals surface area contributed by atoms with Crippen molar-refractivity contribution in [2.75, 3.05) is 5.32 Å². The molecular weight excluding hydrogens is 254 g/mol. The number of aryl methyl sites for hydroxylation is 1. The van der Waals surface area contributed by atoms with Crippen molar-refractivity contribution in [2.24, 2.45) is 0 Å². The van der Waals surface area contributed by atoms with Gasteiger partial charge in [-0.15, -0.1) is 0 Å². The topological polar surface area (TPSA) is 79.0 Å². The Morgan fingerprint density at radius 1 is 1.25 bits per heavy atom. The molecule has 0 aliphatic carbocycles. The molecule has 100 valence electrons. The van der Waals surface area contributed by atoms with Gasteiger partial charge in [0.15, 0.2) is 0 Å². The largest absolute Gasteiger partial charge is 0.375 e. The number of benzene rings is 2. The zero-order chi connectivity index (χ0) is 14.5. The molecule has 20 heavy (non-hydrogen) atoms. The van der Waals surface area contributed by atoms with Gasteiger partial charge in [0, 0.05) is 12.6 Å². The molecule has 0 aliphatic rings. The Hall–Kier alpha value is -2.87. The zero-order valence-electron chi connectivity index (χ0n) is 11.0. The van der Waals surface area contributed by atoms with Gasteiger partial charge in [-0.1, -0.05) is 18.2 Å². The molecule has 0 fully saturated rings. The van der Waals surface area contributed by atoms with E-state index in [1.807, 2.05) is 25.1 Å². The maximum absolute atomic E-state index is 11.0. The van der Waals surface area contributed by atoms with E-state index in [1.54, 1.807) is 24.3 Å². The van der Waals surface area contributed by atoms with E-state index in [-0.39, 0.29) is 5.69 Å². The molecule has 1 N–H and O–H groups in total. The second-order valence-corrected chi connectivity index (χ2v) is 4.44. The third-order valence-corrected chi connectivity index (χ3v) is 2.91. The molecule has 0 atom stereocenters. The first-order valence-electron chi connectivity index (χ1n) is 6.08. The maximum Gasteiger partial charge on any atom is 0.292 e. The van der Waals surface area contributed by atoms with Crippen LogP contribution in [-0.2, 0) is 6.54 Å². The van der Waals surface area contributed by atoms with Crippen molar-refractivity contribution in [3.8, 4) is 6.07 Å². The van der Waals surface area contributed by atoms with Gasteiger partial charge in [0.25, 0.3) is 5.69 Å². The van der Waals surface area contributed by atoms with E-state index in [0.717, 1.165) is 11.1 Å². The van der Waals surface area contributed by atoms with Crippen molar-refractivity contribution in [2.45, 2.75) is 13.5 Å². The summed E-state index contributed by atoms with van der Waals surface area (Å²) >= 11 is 0. The minimum atomic E-state index is -0.402. The third kappa shape index (κ3) is 3.12. The van der Waals surface area contributed by atoms with E-state index in [2.05, 4.69) is 5.32 Å². The summed E-state index contributed by atoms with van der Waals surface area (Å²) in [7, 11) is 0. The van der Waals surface area contributed by atoms with Gasteiger partial charge >= 0.3 is 0 Å². The first-order valence-corrected chi connectivity index (χ1v) is 6.08.